The number of methoxy groups -OCH3 is 1. The Morgan fingerprint density at radius 2 is 1.84 bits per heavy atom. The van der Waals surface area contributed by atoms with Gasteiger partial charge in [-0.2, -0.15) is 0 Å². The fourth-order valence-electron chi connectivity index (χ4n) is 3.52. The van der Waals surface area contributed by atoms with Crippen LogP contribution in [0.25, 0.3) is 0 Å². The van der Waals surface area contributed by atoms with E-state index in [-0.39, 0.29) is 23.8 Å². The number of alkyl carbamates (subject to hydrolysis) is 1. The maximum Gasteiger partial charge on any atom is 0.407 e. The Balaban J connectivity index is 2.07. The Morgan fingerprint density at radius 1 is 1.16 bits per heavy atom. The van der Waals surface area contributed by atoms with Crippen LogP contribution < -0.4 is 5.32 Å². The SMILES string of the molecule is COC(=O)C(c1ccccc1)[C@@H]1CCC[C@H](NC(=O)OC(C)(C)C)C1. The van der Waals surface area contributed by atoms with Crippen molar-refractivity contribution in [2.24, 2.45) is 5.92 Å². The minimum absolute atomic E-state index is 0.0180. The Labute approximate surface area is 150 Å². The number of benzene rings is 1. The summed E-state index contributed by atoms with van der Waals surface area (Å²) in [6.45, 7) is 5.54. The highest BCUT2D eigenvalue weighted by Crippen LogP contribution is 2.37. The number of carbonyl (C=O) groups excluding carboxylic acids is 2. The zero-order valence-electron chi connectivity index (χ0n) is 15.6. The summed E-state index contributed by atoms with van der Waals surface area (Å²) in [5, 5.41) is 2.96. The number of rotatable bonds is 4. The van der Waals surface area contributed by atoms with Crippen LogP contribution in [0.15, 0.2) is 30.3 Å². The lowest BCUT2D eigenvalue weighted by molar-refractivity contribution is -0.144. The van der Waals surface area contributed by atoms with Gasteiger partial charge in [0.2, 0.25) is 0 Å². The van der Waals surface area contributed by atoms with E-state index in [0.29, 0.717) is 0 Å². The van der Waals surface area contributed by atoms with Crippen LogP contribution in [-0.2, 0) is 14.3 Å². The molecule has 0 saturated heterocycles. The van der Waals surface area contributed by atoms with E-state index in [9.17, 15) is 9.59 Å². The number of hydrogen-bond acceptors (Lipinski definition) is 4. The van der Waals surface area contributed by atoms with Crippen molar-refractivity contribution in [1.82, 2.24) is 5.32 Å². The molecule has 1 aromatic rings. The quantitative estimate of drug-likeness (QED) is 0.835. The van der Waals surface area contributed by atoms with Crippen LogP contribution in [0.1, 0.15) is 57.9 Å². The van der Waals surface area contributed by atoms with Gasteiger partial charge in [-0.15, -0.1) is 0 Å². The molecule has 0 aliphatic heterocycles. The van der Waals surface area contributed by atoms with E-state index in [1.54, 1.807) is 0 Å². The summed E-state index contributed by atoms with van der Waals surface area (Å²) in [6, 6.07) is 9.75. The molecule has 1 aliphatic rings. The summed E-state index contributed by atoms with van der Waals surface area (Å²) in [5.41, 5.74) is 0.453. The Bertz CT molecular complexity index is 579. The van der Waals surface area contributed by atoms with Crippen molar-refractivity contribution < 1.29 is 19.1 Å². The van der Waals surface area contributed by atoms with Crippen LogP contribution in [0.4, 0.5) is 4.79 Å². The van der Waals surface area contributed by atoms with E-state index in [4.69, 9.17) is 9.47 Å². The Hall–Kier alpha value is -2.04. The third-order valence-corrected chi connectivity index (χ3v) is 4.52. The second kappa shape index (κ2) is 8.37. The van der Waals surface area contributed by atoms with E-state index in [0.717, 1.165) is 31.2 Å². The third kappa shape index (κ3) is 5.76. The second-order valence-corrected chi connectivity index (χ2v) is 7.68. The molecule has 5 nitrogen and oxygen atoms in total. The van der Waals surface area contributed by atoms with E-state index >= 15 is 0 Å². The van der Waals surface area contributed by atoms with Gasteiger partial charge >= 0.3 is 12.1 Å². The minimum Gasteiger partial charge on any atom is -0.469 e. The van der Waals surface area contributed by atoms with Crippen LogP contribution in [0.5, 0.6) is 0 Å². The molecule has 3 atom stereocenters. The maximum absolute atomic E-state index is 12.4. The predicted molar refractivity (Wildman–Crippen MR) is 96.3 cm³/mol. The fraction of sp³-hybridized carbons (Fsp3) is 0.600. The molecule has 5 heteroatoms. The van der Waals surface area contributed by atoms with Crippen molar-refractivity contribution in [1.29, 1.82) is 0 Å². The zero-order valence-corrected chi connectivity index (χ0v) is 15.6. The van der Waals surface area contributed by atoms with Crippen LogP contribution in [-0.4, -0.2) is 30.8 Å². The lowest BCUT2D eigenvalue weighted by atomic mass is 9.75. The summed E-state index contributed by atoms with van der Waals surface area (Å²) in [6.07, 6.45) is 3.16. The van der Waals surface area contributed by atoms with Crippen molar-refractivity contribution in [2.75, 3.05) is 7.11 Å². The van der Waals surface area contributed by atoms with Crippen molar-refractivity contribution in [3.05, 3.63) is 35.9 Å². The fourth-order valence-corrected chi connectivity index (χ4v) is 3.52. The third-order valence-electron chi connectivity index (χ3n) is 4.52. The topological polar surface area (TPSA) is 64.6 Å². The first-order valence-corrected chi connectivity index (χ1v) is 8.92. The molecule has 1 aliphatic carbocycles. The molecule has 0 heterocycles. The molecule has 0 bridgehead atoms. The molecule has 0 radical (unpaired) electrons. The van der Waals surface area contributed by atoms with Gasteiger partial charge in [0, 0.05) is 6.04 Å². The van der Waals surface area contributed by atoms with Gasteiger partial charge in [0.05, 0.1) is 13.0 Å². The zero-order chi connectivity index (χ0) is 18.4. The number of esters is 1. The van der Waals surface area contributed by atoms with Crippen LogP contribution in [0, 0.1) is 5.92 Å². The second-order valence-electron chi connectivity index (χ2n) is 7.68. The highest BCUT2D eigenvalue weighted by atomic mass is 16.6. The molecule has 1 saturated carbocycles. The molecule has 1 amide bonds. The standard InChI is InChI=1S/C20H29NO4/c1-20(2,3)25-19(23)21-16-12-8-11-15(13-16)17(18(22)24-4)14-9-6-5-7-10-14/h5-7,9-10,15-17H,8,11-13H2,1-4H3,(H,21,23)/t15-,16+,17?/m1/s1. The molecule has 0 aromatic heterocycles. The number of carbonyl (C=O) groups is 2. The van der Waals surface area contributed by atoms with Crippen molar-refractivity contribution in [3.8, 4) is 0 Å². The molecular weight excluding hydrogens is 318 g/mol. The first-order valence-electron chi connectivity index (χ1n) is 8.92. The van der Waals surface area contributed by atoms with Crippen molar-refractivity contribution >= 4 is 12.1 Å². The van der Waals surface area contributed by atoms with Gasteiger partial charge in [-0.25, -0.2) is 4.79 Å². The largest absolute Gasteiger partial charge is 0.469 e. The smallest absolute Gasteiger partial charge is 0.407 e. The number of ether oxygens (including phenoxy) is 2. The molecule has 1 unspecified atom stereocenters. The minimum atomic E-state index is -0.517. The van der Waals surface area contributed by atoms with Gasteiger partial charge in [-0.3, -0.25) is 4.79 Å². The lowest BCUT2D eigenvalue weighted by Crippen LogP contribution is -2.42. The first kappa shape index (κ1) is 19.3. The number of hydrogen-bond donors (Lipinski definition) is 1. The van der Waals surface area contributed by atoms with Gasteiger partial charge in [-0.05, 0) is 51.5 Å². The Morgan fingerprint density at radius 3 is 2.44 bits per heavy atom. The molecule has 0 spiro atoms. The van der Waals surface area contributed by atoms with Crippen molar-refractivity contribution in [3.63, 3.8) is 0 Å². The highest BCUT2D eigenvalue weighted by Gasteiger charge is 2.35. The predicted octanol–water partition coefficient (Wildman–Crippen LogP) is 4.03. The maximum atomic E-state index is 12.4. The van der Waals surface area contributed by atoms with Gasteiger partial charge in [0.15, 0.2) is 0 Å². The summed E-state index contributed by atoms with van der Waals surface area (Å²) < 4.78 is 10.4. The highest BCUT2D eigenvalue weighted by molar-refractivity contribution is 5.78. The normalized spacial score (nSPS) is 21.9. The van der Waals surface area contributed by atoms with Gasteiger partial charge in [-0.1, -0.05) is 36.8 Å². The monoisotopic (exact) mass is 347 g/mol. The number of nitrogens with one attached hydrogen (secondary N) is 1. The van der Waals surface area contributed by atoms with Gasteiger partial charge < -0.3 is 14.8 Å². The van der Waals surface area contributed by atoms with E-state index in [2.05, 4.69) is 5.32 Å². The van der Waals surface area contributed by atoms with E-state index in [1.807, 2.05) is 51.1 Å². The van der Waals surface area contributed by atoms with Gasteiger partial charge in [0.25, 0.3) is 0 Å². The average molecular weight is 347 g/mol. The van der Waals surface area contributed by atoms with Gasteiger partial charge in [0.1, 0.15) is 5.60 Å². The summed E-state index contributed by atoms with van der Waals surface area (Å²) in [5.74, 6) is -0.368. The van der Waals surface area contributed by atoms with Crippen LogP contribution in [0.3, 0.4) is 0 Å². The molecular formula is C20H29NO4. The molecule has 1 fully saturated rings. The Kier molecular flexibility index (Phi) is 6.45. The molecule has 138 valence electrons. The van der Waals surface area contributed by atoms with Crippen molar-refractivity contribution in [2.45, 2.75) is 64.0 Å². The van der Waals surface area contributed by atoms with Crippen LogP contribution in [0.2, 0.25) is 0 Å². The van der Waals surface area contributed by atoms with E-state index in [1.165, 1.54) is 7.11 Å². The summed E-state index contributed by atoms with van der Waals surface area (Å²) in [7, 11) is 1.43. The summed E-state index contributed by atoms with van der Waals surface area (Å²) in [4.78, 5) is 24.4. The molecule has 2 rings (SSSR count). The molecule has 25 heavy (non-hydrogen) atoms. The number of amides is 1. The van der Waals surface area contributed by atoms with E-state index < -0.39 is 11.7 Å². The first-order chi connectivity index (χ1) is 11.8. The average Bonchev–Trinajstić information content (AvgIpc) is 2.54. The summed E-state index contributed by atoms with van der Waals surface area (Å²) >= 11 is 0. The molecule has 1 N–H and O–H groups in total. The lowest BCUT2D eigenvalue weighted by Gasteiger charge is -2.34. The molecule has 1 aromatic carbocycles. The van der Waals surface area contributed by atoms with Crippen LogP contribution >= 0.6 is 0 Å².